The fourth-order valence-corrected chi connectivity index (χ4v) is 1.94. The van der Waals surface area contributed by atoms with Gasteiger partial charge in [-0.15, -0.1) is 0 Å². The van der Waals surface area contributed by atoms with E-state index in [2.05, 4.69) is 5.16 Å². The Hall–Kier alpha value is -1.30. The van der Waals surface area contributed by atoms with Crippen LogP contribution in [-0.2, 0) is 9.53 Å². The van der Waals surface area contributed by atoms with Crippen LogP contribution in [0.15, 0.2) is 5.16 Å². The van der Waals surface area contributed by atoms with E-state index < -0.39 is 0 Å². The molecule has 1 fully saturated rings. The minimum Gasteiger partial charge on any atom is -0.409 e. The van der Waals surface area contributed by atoms with Crippen molar-refractivity contribution in [3.63, 3.8) is 0 Å². The van der Waals surface area contributed by atoms with Crippen molar-refractivity contribution in [2.45, 2.75) is 38.6 Å². The summed E-state index contributed by atoms with van der Waals surface area (Å²) in [6.45, 7) is 3.11. The van der Waals surface area contributed by atoms with Crippen LogP contribution in [0.2, 0.25) is 0 Å². The van der Waals surface area contributed by atoms with Crippen molar-refractivity contribution in [3.05, 3.63) is 0 Å². The molecule has 0 heterocycles. The molecule has 3 N–H and O–H groups in total. The third kappa shape index (κ3) is 4.91. The second-order valence-corrected chi connectivity index (χ2v) is 4.92. The summed E-state index contributed by atoms with van der Waals surface area (Å²) in [6.07, 6.45) is 3.01. The molecule has 1 amide bonds. The molecule has 104 valence electrons. The third-order valence-electron chi connectivity index (χ3n) is 3.02. The lowest BCUT2D eigenvalue weighted by Crippen LogP contribution is -2.37. The van der Waals surface area contributed by atoms with Crippen LogP contribution in [0.25, 0.3) is 0 Å². The van der Waals surface area contributed by atoms with Crippen LogP contribution in [0.1, 0.15) is 32.6 Å². The Morgan fingerprint density at radius 3 is 2.78 bits per heavy atom. The van der Waals surface area contributed by atoms with Crippen molar-refractivity contribution < 1.29 is 14.7 Å². The van der Waals surface area contributed by atoms with E-state index in [0.29, 0.717) is 32.0 Å². The smallest absolute Gasteiger partial charge is 0.223 e. The molecule has 1 unspecified atom stereocenters. The topological polar surface area (TPSA) is 88.2 Å². The molecule has 0 saturated heterocycles. The lowest BCUT2D eigenvalue weighted by Gasteiger charge is -2.23. The minimum atomic E-state index is 0.132. The van der Waals surface area contributed by atoms with Gasteiger partial charge in [0.2, 0.25) is 5.91 Å². The standard InChI is InChI=1S/C12H23N3O3/c1-9(8-18-2)7-12(16)15(10-3-4-10)6-5-11(13)14-17/h9-10,17H,3-8H2,1-2H3,(H2,13,14). The number of amides is 1. The van der Waals surface area contributed by atoms with Crippen molar-refractivity contribution in [1.82, 2.24) is 4.90 Å². The van der Waals surface area contributed by atoms with Crippen molar-refractivity contribution in [1.29, 1.82) is 0 Å². The molecule has 0 aliphatic heterocycles. The Morgan fingerprint density at radius 2 is 2.28 bits per heavy atom. The fourth-order valence-electron chi connectivity index (χ4n) is 1.94. The summed E-state index contributed by atoms with van der Waals surface area (Å²) in [5.41, 5.74) is 5.43. The number of methoxy groups -OCH3 is 1. The van der Waals surface area contributed by atoms with Gasteiger partial charge in [0.1, 0.15) is 5.84 Å². The van der Waals surface area contributed by atoms with Gasteiger partial charge in [-0.2, -0.15) is 0 Å². The molecule has 0 radical (unpaired) electrons. The van der Waals surface area contributed by atoms with Crippen molar-refractivity contribution in [2.24, 2.45) is 16.8 Å². The molecule has 6 heteroatoms. The minimum absolute atomic E-state index is 0.132. The maximum absolute atomic E-state index is 12.1. The summed E-state index contributed by atoms with van der Waals surface area (Å²) in [4.78, 5) is 14.0. The molecule has 6 nitrogen and oxygen atoms in total. The van der Waals surface area contributed by atoms with Crippen LogP contribution in [0, 0.1) is 5.92 Å². The van der Waals surface area contributed by atoms with E-state index in [1.165, 1.54) is 0 Å². The van der Waals surface area contributed by atoms with Gasteiger partial charge < -0.3 is 20.6 Å². The van der Waals surface area contributed by atoms with Gasteiger partial charge in [-0.3, -0.25) is 4.79 Å². The number of hydrogen-bond acceptors (Lipinski definition) is 4. The van der Waals surface area contributed by atoms with Gasteiger partial charge in [-0.05, 0) is 18.8 Å². The highest BCUT2D eigenvalue weighted by Crippen LogP contribution is 2.28. The van der Waals surface area contributed by atoms with Gasteiger partial charge in [0.05, 0.1) is 0 Å². The van der Waals surface area contributed by atoms with Crippen molar-refractivity contribution >= 4 is 11.7 Å². The summed E-state index contributed by atoms with van der Waals surface area (Å²) < 4.78 is 5.03. The first-order chi connectivity index (χ1) is 8.58. The van der Waals surface area contributed by atoms with Gasteiger partial charge in [-0.25, -0.2) is 0 Å². The average Bonchev–Trinajstić information content (AvgIpc) is 3.13. The first-order valence-corrected chi connectivity index (χ1v) is 6.33. The van der Waals surface area contributed by atoms with E-state index in [1.807, 2.05) is 11.8 Å². The lowest BCUT2D eigenvalue weighted by molar-refractivity contribution is -0.133. The van der Waals surface area contributed by atoms with E-state index in [1.54, 1.807) is 7.11 Å². The van der Waals surface area contributed by atoms with E-state index >= 15 is 0 Å². The zero-order valence-corrected chi connectivity index (χ0v) is 11.1. The number of carbonyl (C=O) groups excluding carboxylic acids is 1. The lowest BCUT2D eigenvalue weighted by atomic mass is 10.1. The number of hydrogen-bond donors (Lipinski definition) is 2. The SMILES string of the molecule is COCC(C)CC(=O)N(CCC(N)=NO)C1CC1. The van der Waals surface area contributed by atoms with E-state index in [0.717, 1.165) is 12.8 Å². The number of oxime groups is 1. The molecule has 18 heavy (non-hydrogen) atoms. The largest absolute Gasteiger partial charge is 0.409 e. The second kappa shape index (κ2) is 7.20. The van der Waals surface area contributed by atoms with E-state index in [9.17, 15) is 4.79 Å². The number of carbonyl (C=O) groups is 1. The molecule has 0 aromatic carbocycles. The zero-order chi connectivity index (χ0) is 13.5. The Labute approximate surface area is 108 Å². The maximum atomic E-state index is 12.1. The van der Waals surface area contributed by atoms with Crippen LogP contribution >= 0.6 is 0 Å². The van der Waals surface area contributed by atoms with Crippen molar-refractivity contribution in [2.75, 3.05) is 20.3 Å². The summed E-state index contributed by atoms with van der Waals surface area (Å²) in [5, 5.41) is 11.4. The highest BCUT2D eigenvalue weighted by Gasteiger charge is 2.32. The van der Waals surface area contributed by atoms with Gasteiger partial charge in [0.25, 0.3) is 0 Å². The number of nitrogens with zero attached hydrogens (tertiary/aromatic N) is 2. The predicted molar refractivity (Wildman–Crippen MR) is 68.4 cm³/mol. The van der Waals surface area contributed by atoms with E-state index in [4.69, 9.17) is 15.7 Å². The quantitative estimate of drug-likeness (QED) is 0.291. The van der Waals surface area contributed by atoms with Gasteiger partial charge >= 0.3 is 0 Å². The highest BCUT2D eigenvalue weighted by atomic mass is 16.5. The Morgan fingerprint density at radius 1 is 1.61 bits per heavy atom. The summed E-state index contributed by atoms with van der Waals surface area (Å²) >= 11 is 0. The Balaban J connectivity index is 2.43. The zero-order valence-electron chi connectivity index (χ0n) is 11.1. The molecule has 0 spiro atoms. The molecule has 1 saturated carbocycles. The predicted octanol–water partition coefficient (Wildman–Crippen LogP) is 0.787. The number of rotatable bonds is 8. The molecule has 1 aliphatic carbocycles. The third-order valence-corrected chi connectivity index (χ3v) is 3.02. The summed E-state index contributed by atoms with van der Waals surface area (Å²) in [7, 11) is 1.64. The molecule has 1 aliphatic rings. The molecular formula is C12H23N3O3. The maximum Gasteiger partial charge on any atom is 0.223 e. The molecule has 1 rings (SSSR count). The summed E-state index contributed by atoms with van der Waals surface area (Å²) in [5.74, 6) is 0.513. The number of nitrogens with two attached hydrogens (primary N) is 1. The Kier molecular flexibility index (Phi) is 5.91. The van der Waals surface area contributed by atoms with Crippen LogP contribution in [0.5, 0.6) is 0 Å². The number of ether oxygens (including phenoxy) is 1. The first kappa shape index (κ1) is 14.8. The Bertz CT molecular complexity index is 303. The normalized spacial score (nSPS) is 17.6. The highest BCUT2D eigenvalue weighted by molar-refractivity contribution is 5.81. The molecular weight excluding hydrogens is 234 g/mol. The molecule has 0 aromatic heterocycles. The molecule has 1 atom stereocenters. The van der Waals surface area contributed by atoms with Crippen molar-refractivity contribution in [3.8, 4) is 0 Å². The first-order valence-electron chi connectivity index (χ1n) is 6.33. The summed E-state index contributed by atoms with van der Waals surface area (Å²) in [6, 6.07) is 0.346. The van der Waals surface area contributed by atoms with Crippen LogP contribution in [-0.4, -0.2) is 48.2 Å². The fraction of sp³-hybridized carbons (Fsp3) is 0.833. The van der Waals surface area contributed by atoms with Crippen LogP contribution < -0.4 is 5.73 Å². The molecule has 0 aromatic rings. The van der Waals surface area contributed by atoms with Gasteiger partial charge in [0, 0.05) is 39.1 Å². The van der Waals surface area contributed by atoms with Crippen LogP contribution in [0.3, 0.4) is 0 Å². The monoisotopic (exact) mass is 257 g/mol. The second-order valence-electron chi connectivity index (χ2n) is 4.92. The average molecular weight is 257 g/mol. The number of amidine groups is 1. The van der Waals surface area contributed by atoms with Gasteiger partial charge in [-0.1, -0.05) is 12.1 Å². The van der Waals surface area contributed by atoms with E-state index in [-0.39, 0.29) is 17.7 Å². The van der Waals surface area contributed by atoms with Gasteiger partial charge in [0.15, 0.2) is 0 Å². The molecule has 0 bridgehead atoms. The van der Waals surface area contributed by atoms with Crippen LogP contribution in [0.4, 0.5) is 0 Å².